The number of hydrogen-bond acceptors (Lipinski definition) is 3. The molecule has 0 heterocycles. The fourth-order valence-corrected chi connectivity index (χ4v) is 1.39. The highest BCUT2D eigenvalue weighted by atomic mass is 19.1. The quantitative estimate of drug-likeness (QED) is 0.745. The van der Waals surface area contributed by atoms with E-state index < -0.39 is 5.82 Å². The number of anilines is 1. The maximum absolute atomic E-state index is 13.1. The Bertz CT molecular complexity index is 383. The molecule has 0 fully saturated rings. The molecular weight excluding hydrogens is 223 g/mol. The highest BCUT2D eigenvalue weighted by Gasteiger charge is 2.06. The molecule has 0 unspecified atom stereocenters. The average Bonchev–Trinajstić information content (AvgIpc) is 2.32. The summed E-state index contributed by atoms with van der Waals surface area (Å²) in [7, 11) is 3.22. The Morgan fingerprint density at radius 2 is 2.24 bits per heavy atom. The lowest BCUT2D eigenvalue weighted by Gasteiger charge is -2.07. The average molecular weight is 240 g/mol. The van der Waals surface area contributed by atoms with Crippen LogP contribution in [-0.2, 0) is 4.79 Å². The summed E-state index contributed by atoms with van der Waals surface area (Å²) < 4.78 is 17.9. The molecule has 0 radical (unpaired) electrons. The van der Waals surface area contributed by atoms with Gasteiger partial charge in [-0.25, -0.2) is 4.39 Å². The molecular formula is C12H17FN2O2. The van der Waals surface area contributed by atoms with E-state index in [0.29, 0.717) is 12.1 Å². The zero-order valence-corrected chi connectivity index (χ0v) is 10.0. The predicted molar refractivity (Wildman–Crippen MR) is 64.7 cm³/mol. The molecule has 1 rings (SSSR count). The lowest BCUT2D eigenvalue weighted by atomic mass is 10.2. The number of carbonyl (C=O) groups is 1. The lowest BCUT2D eigenvalue weighted by Crippen LogP contribution is -2.15. The minimum Gasteiger partial charge on any atom is -0.494 e. The van der Waals surface area contributed by atoms with Crippen LogP contribution in [0.2, 0.25) is 0 Å². The monoisotopic (exact) mass is 240 g/mol. The van der Waals surface area contributed by atoms with Crippen LogP contribution in [0.25, 0.3) is 0 Å². The van der Waals surface area contributed by atoms with Gasteiger partial charge in [-0.3, -0.25) is 4.79 Å². The van der Waals surface area contributed by atoms with Crippen molar-refractivity contribution in [1.82, 2.24) is 5.32 Å². The van der Waals surface area contributed by atoms with E-state index in [1.165, 1.54) is 25.3 Å². The third-order valence-electron chi connectivity index (χ3n) is 2.27. The number of hydrogen-bond donors (Lipinski definition) is 2. The van der Waals surface area contributed by atoms with Crippen molar-refractivity contribution in [2.45, 2.75) is 12.8 Å². The van der Waals surface area contributed by atoms with Crippen LogP contribution in [0.15, 0.2) is 18.2 Å². The fourth-order valence-electron chi connectivity index (χ4n) is 1.39. The van der Waals surface area contributed by atoms with Crippen molar-refractivity contribution < 1.29 is 13.9 Å². The van der Waals surface area contributed by atoms with Crippen molar-refractivity contribution in [1.29, 1.82) is 0 Å². The topological polar surface area (TPSA) is 50.4 Å². The number of nitrogens with one attached hydrogen (secondary N) is 2. The van der Waals surface area contributed by atoms with Crippen molar-refractivity contribution in [2.75, 3.05) is 26.0 Å². The van der Waals surface area contributed by atoms with Gasteiger partial charge in [0.05, 0.1) is 7.11 Å². The van der Waals surface area contributed by atoms with Crippen LogP contribution >= 0.6 is 0 Å². The summed E-state index contributed by atoms with van der Waals surface area (Å²) in [6.45, 7) is 0.792. The van der Waals surface area contributed by atoms with E-state index in [9.17, 15) is 9.18 Å². The van der Waals surface area contributed by atoms with Gasteiger partial charge in [0.1, 0.15) is 0 Å². The molecule has 0 aromatic heterocycles. The van der Waals surface area contributed by atoms with E-state index in [0.717, 1.165) is 13.0 Å². The van der Waals surface area contributed by atoms with Gasteiger partial charge >= 0.3 is 0 Å². The van der Waals surface area contributed by atoms with Gasteiger partial charge in [-0.2, -0.15) is 0 Å². The Kier molecular flexibility index (Phi) is 5.42. The third kappa shape index (κ3) is 4.40. The second kappa shape index (κ2) is 6.85. The van der Waals surface area contributed by atoms with Crippen molar-refractivity contribution >= 4 is 11.6 Å². The summed E-state index contributed by atoms with van der Waals surface area (Å²) in [5.41, 5.74) is 0.540. The molecule has 0 aliphatic carbocycles. The van der Waals surface area contributed by atoms with Gasteiger partial charge in [0.15, 0.2) is 11.6 Å². The fraction of sp³-hybridized carbons (Fsp3) is 0.417. The van der Waals surface area contributed by atoms with Crippen molar-refractivity contribution in [2.24, 2.45) is 0 Å². The maximum Gasteiger partial charge on any atom is 0.224 e. The number of carbonyl (C=O) groups excluding carboxylic acids is 1. The van der Waals surface area contributed by atoms with Gasteiger partial charge in [0, 0.05) is 18.2 Å². The van der Waals surface area contributed by atoms with E-state index in [2.05, 4.69) is 10.6 Å². The standard InChI is InChI=1S/C12H17FN2O2/c1-14-7-3-4-12(16)15-9-5-6-10(13)11(8-9)17-2/h5-6,8,14H,3-4,7H2,1-2H3,(H,15,16). The minimum absolute atomic E-state index is 0.0890. The SMILES string of the molecule is CNCCCC(=O)Nc1ccc(F)c(OC)c1. The highest BCUT2D eigenvalue weighted by molar-refractivity contribution is 5.90. The van der Waals surface area contributed by atoms with Crippen LogP contribution in [-0.4, -0.2) is 26.6 Å². The summed E-state index contributed by atoms with van der Waals surface area (Å²) in [6, 6.07) is 4.24. The molecule has 17 heavy (non-hydrogen) atoms. The Balaban J connectivity index is 2.53. The first-order chi connectivity index (χ1) is 8.17. The van der Waals surface area contributed by atoms with Gasteiger partial charge in [0.2, 0.25) is 5.91 Å². The van der Waals surface area contributed by atoms with Crippen LogP contribution in [0.5, 0.6) is 5.75 Å². The zero-order valence-electron chi connectivity index (χ0n) is 10.0. The van der Waals surface area contributed by atoms with Crippen LogP contribution in [0, 0.1) is 5.82 Å². The highest BCUT2D eigenvalue weighted by Crippen LogP contribution is 2.21. The molecule has 4 nitrogen and oxygen atoms in total. The molecule has 0 bridgehead atoms. The summed E-state index contributed by atoms with van der Waals surface area (Å²) in [4.78, 5) is 11.5. The van der Waals surface area contributed by atoms with E-state index in [1.807, 2.05) is 7.05 Å². The van der Waals surface area contributed by atoms with E-state index in [4.69, 9.17) is 4.74 Å². The number of rotatable bonds is 6. The van der Waals surface area contributed by atoms with E-state index in [1.54, 1.807) is 0 Å². The second-order valence-electron chi connectivity index (χ2n) is 3.60. The molecule has 94 valence electrons. The van der Waals surface area contributed by atoms with Gasteiger partial charge in [0.25, 0.3) is 0 Å². The number of benzene rings is 1. The Labute approximate surface area is 100 Å². The van der Waals surface area contributed by atoms with Gasteiger partial charge < -0.3 is 15.4 Å². The van der Waals surface area contributed by atoms with Gasteiger partial charge in [-0.05, 0) is 32.1 Å². The Morgan fingerprint density at radius 1 is 1.47 bits per heavy atom. The summed E-state index contributed by atoms with van der Waals surface area (Å²) in [5, 5.41) is 5.65. The third-order valence-corrected chi connectivity index (χ3v) is 2.27. The molecule has 0 aliphatic heterocycles. The predicted octanol–water partition coefficient (Wildman–Crippen LogP) is 1.77. The lowest BCUT2D eigenvalue weighted by molar-refractivity contribution is -0.116. The molecule has 0 atom stereocenters. The van der Waals surface area contributed by atoms with Crippen LogP contribution in [0.4, 0.5) is 10.1 Å². The maximum atomic E-state index is 13.1. The first-order valence-corrected chi connectivity index (χ1v) is 5.45. The number of amides is 1. The Morgan fingerprint density at radius 3 is 2.88 bits per heavy atom. The zero-order chi connectivity index (χ0) is 12.7. The number of ether oxygens (including phenoxy) is 1. The first kappa shape index (κ1) is 13.4. The van der Waals surface area contributed by atoms with Crippen molar-refractivity contribution in [3.05, 3.63) is 24.0 Å². The van der Waals surface area contributed by atoms with E-state index >= 15 is 0 Å². The largest absolute Gasteiger partial charge is 0.494 e. The molecule has 1 amide bonds. The number of methoxy groups -OCH3 is 1. The molecule has 1 aromatic carbocycles. The van der Waals surface area contributed by atoms with Gasteiger partial charge in [-0.15, -0.1) is 0 Å². The normalized spacial score (nSPS) is 10.1. The molecule has 0 saturated heterocycles. The summed E-state index contributed by atoms with van der Waals surface area (Å²) in [5.74, 6) is -0.410. The summed E-state index contributed by atoms with van der Waals surface area (Å²) in [6.07, 6.45) is 1.20. The molecule has 5 heteroatoms. The first-order valence-electron chi connectivity index (χ1n) is 5.45. The smallest absolute Gasteiger partial charge is 0.224 e. The minimum atomic E-state index is -0.444. The second-order valence-corrected chi connectivity index (χ2v) is 3.60. The van der Waals surface area contributed by atoms with Crippen molar-refractivity contribution in [3.63, 3.8) is 0 Å². The Hall–Kier alpha value is -1.62. The van der Waals surface area contributed by atoms with E-state index in [-0.39, 0.29) is 11.7 Å². The number of halogens is 1. The van der Waals surface area contributed by atoms with Gasteiger partial charge in [-0.1, -0.05) is 0 Å². The summed E-state index contributed by atoms with van der Waals surface area (Å²) >= 11 is 0. The molecule has 1 aromatic rings. The molecule has 0 aliphatic rings. The van der Waals surface area contributed by atoms with Crippen LogP contribution in [0.3, 0.4) is 0 Å². The molecule has 0 saturated carbocycles. The molecule has 2 N–H and O–H groups in total. The molecule has 0 spiro atoms. The van der Waals surface area contributed by atoms with Crippen LogP contribution < -0.4 is 15.4 Å². The van der Waals surface area contributed by atoms with Crippen molar-refractivity contribution in [3.8, 4) is 5.75 Å². The van der Waals surface area contributed by atoms with Crippen LogP contribution in [0.1, 0.15) is 12.8 Å².